The molecule has 0 atom stereocenters. The Morgan fingerprint density at radius 3 is 2.88 bits per heavy atom. The van der Waals surface area contributed by atoms with E-state index in [-0.39, 0.29) is 28.6 Å². The van der Waals surface area contributed by atoms with Crippen LogP contribution in [0.1, 0.15) is 34.2 Å². The van der Waals surface area contributed by atoms with Crippen LogP contribution in [-0.4, -0.2) is 48.8 Å². The molecule has 1 aliphatic heterocycles. The smallest absolute Gasteiger partial charge is 0.362 e. The van der Waals surface area contributed by atoms with E-state index in [1.807, 2.05) is 0 Å². The summed E-state index contributed by atoms with van der Waals surface area (Å²) in [4.78, 5) is 24.3. The van der Waals surface area contributed by atoms with E-state index in [2.05, 4.69) is 14.9 Å². The minimum absolute atomic E-state index is 0.0662. The molecule has 0 saturated carbocycles. The summed E-state index contributed by atoms with van der Waals surface area (Å²) in [5.41, 5.74) is 0.625. The maximum absolute atomic E-state index is 12.5. The summed E-state index contributed by atoms with van der Waals surface area (Å²) in [5.74, 6) is -1.08. The number of nitrogens with one attached hydrogen (secondary N) is 1. The van der Waals surface area contributed by atoms with Gasteiger partial charge in [-0.25, -0.2) is 13.2 Å². The molecule has 138 valence electrons. The Morgan fingerprint density at radius 2 is 2.19 bits per heavy atom. The van der Waals surface area contributed by atoms with Gasteiger partial charge in [0.15, 0.2) is 5.00 Å². The molecule has 2 aromatic rings. The third-order valence-electron chi connectivity index (χ3n) is 3.68. The van der Waals surface area contributed by atoms with Gasteiger partial charge in [-0.15, -0.1) is 5.10 Å². The SMILES string of the molecule is CCOC(=O)c1nnsc1NC(=O)c1cccc(N2CCCS2(=O)=O)c1. The van der Waals surface area contributed by atoms with E-state index in [1.165, 1.54) is 10.4 Å². The van der Waals surface area contributed by atoms with Gasteiger partial charge >= 0.3 is 5.97 Å². The molecule has 0 unspecified atom stereocenters. The van der Waals surface area contributed by atoms with Crippen LogP contribution in [0.4, 0.5) is 10.7 Å². The maximum atomic E-state index is 12.5. The lowest BCUT2D eigenvalue weighted by molar-refractivity contribution is 0.0520. The lowest BCUT2D eigenvalue weighted by Crippen LogP contribution is -2.25. The van der Waals surface area contributed by atoms with Gasteiger partial charge < -0.3 is 10.1 Å². The number of carbonyl (C=O) groups is 2. The van der Waals surface area contributed by atoms with Crippen molar-refractivity contribution in [2.24, 2.45) is 0 Å². The molecule has 0 aliphatic carbocycles. The van der Waals surface area contributed by atoms with E-state index < -0.39 is 21.9 Å². The molecular formula is C15H16N4O5S2. The fraction of sp³-hybridized carbons (Fsp3) is 0.333. The minimum atomic E-state index is -3.33. The van der Waals surface area contributed by atoms with Crippen molar-refractivity contribution < 1.29 is 22.7 Å². The summed E-state index contributed by atoms with van der Waals surface area (Å²) in [6, 6.07) is 6.30. The number of ether oxygens (including phenoxy) is 1. The molecule has 0 radical (unpaired) electrons. The van der Waals surface area contributed by atoms with Crippen LogP contribution < -0.4 is 9.62 Å². The second-order valence-electron chi connectivity index (χ2n) is 5.42. The third kappa shape index (κ3) is 3.68. The topological polar surface area (TPSA) is 119 Å². The highest BCUT2D eigenvalue weighted by molar-refractivity contribution is 7.93. The van der Waals surface area contributed by atoms with Crippen LogP contribution in [0.5, 0.6) is 0 Å². The van der Waals surface area contributed by atoms with Crippen LogP contribution >= 0.6 is 11.5 Å². The molecule has 1 N–H and O–H groups in total. The van der Waals surface area contributed by atoms with Crippen molar-refractivity contribution in [3.05, 3.63) is 35.5 Å². The van der Waals surface area contributed by atoms with Crippen LogP contribution in [-0.2, 0) is 14.8 Å². The van der Waals surface area contributed by atoms with Crippen molar-refractivity contribution in [2.45, 2.75) is 13.3 Å². The Hall–Kier alpha value is -2.53. The molecular weight excluding hydrogens is 380 g/mol. The zero-order valence-corrected chi connectivity index (χ0v) is 15.5. The quantitative estimate of drug-likeness (QED) is 0.761. The van der Waals surface area contributed by atoms with Crippen molar-refractivity contribution in [2.75, 3.05) is 28.5 Å². The van der Waals surface area contributed by atoms with Gasteiger partial charge in [0.25, 0.3) is 5.91 Å². The van der Waals surface area contributed by atoms with Gasteiger partial charge in [-0.3, -0.25) is 9.10 Å². The molecule has 11 heteroatoms. The van der Waals surface area contributed by atoms with Gasteiger partial charge in [0.2, 0.25) is 15.7 Å². The Bertz CT molecular complexity index is 941. The van der Waals surface area contributed by atoms with Crippen molar-refractivity contribution in [1.29, 1.82) is 0 Å². The Morgan fingerprint density at radius 1 is 1.38 bits per heavy atom. The van der Waals surface area contributed by atoms with Crippen molar-refractivity contribution in [3.63, 3.8) is 0 Å². The van der Waals surface area contributed by atoms with Gasteiger partial charge in [-0.1, -0.05) is 10.6 Å². The van der Waals surface area contributed by atoms with Gasteiger partial charge in [-0.05, 0) is 31.5 Å². The molecule has 1 fully saturated rings. The highest BCUT2D eigenvalue weighted by Gasteiger charge is 2.29. The lowest BCUT2D eigenvalue weighted by atomic mass is 10.2. The summed E-state index contributed by atoms with van der Waals surface area (Å²) in [7, 11) is -3.33. The molecule has 2 heterocycles. The zero-order valence-electron chi connectivity index (χ0n) is 13.8. The first-order valence-corrected chi connectivity index (χ1v) is 10.2. The standard InChI is InChI=1S/C15H16N4O5S2/c1-2-24-15(21)12-14(25-18-17-12)16-13(20)10-5-3-6-11(9-10)19-7-4-8-26(19,22)23/h3,5-6,9H,2,4,7-8H2,1H3,(H,16,20). The van der Waals surface area contributed by atoms with E-state index in [4.69, 9.17) is 4.74 Å². The average Bonchev–Trinajstić information content (AvgIpc) is 3.21. The normalized spacial score (nSPS) is 15.7. The van der Waals surface area contributed by atoms with Crippen LogP contribution in [0.15, 0.2) is 24.3 Å². The van der Waals surface area contributed by atoms with E-state index >= 15 is 0 Å². The Balaban J connectivity index is 1.81. The number of anilines is 2. The molecule has 9 nitrogen and oxygen atoms in total. The molecule has 1 aliphatic rings. The van der Waals surface area contributed by atoms with E-state index in [0.717, 1.165) is 11.5 Å². The summed E-state index contributed by atoms with van der Waals surface area (Å²) < 4.78 is 33.9. The number of hydrogen-bond donors (Lipinski definition) is 1. The number of esters is 1. The molecule has 0 bridgehead atoms. The highest BCUT2D eigenvalue weighted by Crippen LogP contribution is 2.26. The largest absolute Gasteiger partial charge is 0.461 e. The van der Waals surface area contributed by atoms with Crippen molar-refractivity contribution >= 4 is 44.1 Å². The number of amides is 1. The monoisotopic (exact) mass is 396 g/mol. The van der Waals surface area contributed by atoms with E-state index in [9.17, 15) is 18.0 Å². The predicted molar refractivity (Wildman–Crippen MR) is 96.0 cm³/mol. The summed E-state index contributed by atoms with van der Waals surface area (Å²) >= 11 is 0.856. The fourth-order valence-corrected chi connectivity index (χ4v) is 4.62. The fourth-order valence-electron chi connectivity index (χ4n) is 2.51. The molecule has 1 aromatic heterocycles. The first kappa shape index (κ1) is 18.3. The first-order chi connectivity index (χ1) is 12.4. The zero-order chi connectivity index (χ0) is 18.7. The number of benzene rings is 1. The van der Waals surface area contributed by atoms with E-state index in [1.54, 1.807) is 25.1 Å². The number of hydrogen-bond acceptors (Lipinski definition) is 8. The number of nitrogens with zero attached hydrogens (tertiary/aromatic N) is 3. The Kier molecular flexibility index (Phi) is 5.18. The second-order valence-corrected chi connectivity index (χ2v) is 8.18. The van der Waals surface area contributed by atoms with Crippen LogP contribution in [0.2, 0.25) is 0 Å². The molecule has 26 heavy (non-hydrogen) atoms. The molecule has 1 aromatic carbocycles. The average molecular weight is 396 g/mol. The second kappa shape index (κ2) is 7.38. The van der Waals surface area contributed by atoms with Crippen molar-refractivity contribution in [3.8, 4) is 0 Å². The molecule has 3 rings (SSSR count). The van der Waals surface area contributed by atoms with Gasteiger partial charge in [0.05, 0.1) is 18.0 Å². The van der Waals surface area contributed by atoms with Crippen LogP contribution in [0.25, 0.3) is 0 Å². The van der Waals surface area contributed by atoms with Crippen molar-refractivity contribution in [1.82, 2.24) is 9.59 Å². The van der Waals surface area contributed by atoms with Gasteiger partial charge in [0.1, 0.15) is 0 Å². The third-order valence-corrected chi connectivity index (χ3v) is 6.19. The van der Waals surface area contributed by atoms with Gasteiger partial charge in [0, 0.05) is 23.6 Å². The maximum Gasteiger partial charge on any atom is 0.362 e. The number of carbonyl (C=O) groups excluding carboxylic acids is 2. The molecule has 1 amide bonds. The predicted octanol–water partition coefficient (Wildman–Crippen LogP) is 1.51. The number of rotatable bonds is 5. The summed E-state index contributed by atoms with van der Waals surface area (Å²) in [6.45, 7) is 2.23. The Labute approximate surface area is 154 Å². The van der Waals surface area contributed by atoms with Crippen LogP contribution in [0, 0.1) is 0 Å². The summed E-state index contributed by atoms with van der Waals surface area (Å²) in [6.07, 6.45) is 0.550. The number of sulfonamides is 1. The first-order valence-electron chi connectivity index (χ1n) is 7.83. The van der Waals surface area contributed by atoms with Gasteiger partial charge in [-0.2, -0.15) is 0 Å². The molecule has 0 spiro atoms. The lowest BCUT2D eigenvalue weighted by Gasteiger charge is -2.17. The summed E-state index contributed by atoms with van der Waals surface area (Å²) in [5, 5.41) is 6.42. The number of aromatic nitrogens is 2. The molecule has 1 saturated heterocycles. The minimum Gasteiger partial charge on any atom is -0.461 e. The van der Waals surface area contributed by atoms with Crippen LogP contribution in [0.3, 0.4) is 0 Å². The highest BCUT2D eigenvalue weighted by atomic mass is 32.2. The van der Waals surface area contributed by atoms with E-state index in [0.29, 0.717) is 18.7 Å².